The number of nitrogens with one attached hydrogen (secondary N) is 1. The first kappa shape index (κ1) is 19.0. The molecule has 0 aliphatic carbocycles. The molecule has 1 aromatic heterocycles. The van der Waals surface area contributed by atoms with Gasteiger partial charge < -0.3 is 15.0 Å². The molecule has 0 radical (unpaired) electrons. The number of carbonyl (C=O) groups excluding carboxylic acids is 3. The highest BCUT2D eigenvalue weighted by atomic mass is 32.1. The summed E-state index contributed by atoms with van der Waals surface area (Å²) >= 11 is 1.07. The fraction of sp³-hybridized carbons (Fsp3) is 0.368. The third-order valence-electron chi connectivity index (χ3n) is 4.76. The number of anilines is 2. The highest BCUT2D eigenvalue weighted by Gasteiger charge is 2.36. The molecule has 27 heavy (non-hydrogen) atoms. The Hall–Kier alpha value is -2.74. The van der Waals surface area contributed by atoms with E-state index in [0.29, 0.717) is 22.2 Å². The number of esters is 1. The van der Waals surface area contributed by atoms with Crippen LogP contribution in [0.1, 0.15) is 32.9 Å². The number of amides is 2. The van der Waals surface area contributed by atoms with Gasteiger partial charge >= 0.3 is 5.97 Å². The van der Waals surface area contributed by atoms with Crippen LogP contribution in [-0.4, -0.2) is 36.4 Å². The Morgan fingerprint density at radius 3 is 2.74 bits per heavy atom. The van der Waals surface area contributed by atoms with Crippen molar-refractivity contribution in [1.29, 1.82) is 0 Å². The lowest BCUT2D eigenvalue weighted by Gasteiger charge is -2.20. The van der Waals surface area contributed by atoms with Crippen molar-refractivity contribution in [2.75, 3.05) is 23.9 Å². The maximum atomic E-state index is 12.6. The molecule has 1 saturated heterocycles. The number of thiazole rings is 1. The minimum Gasteiger partial charge on any atom is -0.465 e. The number of methoxy groups -OCH3 is 1. The summed E-state index contributed by atoms with van der Waals surface area (Å²) in [6.07, 6.45) is 0.146. The average molecular weight is 387 g/mol. The van der Waals surface area contributed by atoms with Crippen LogP contribution in [0.25, 0.3) is 0 Å². The van der Waals surface area contributed by atoms with Gasteiger partial charge in [-0.3, -0.25) is 9.59 Å². The van der Waals surface area contributed by atoms with Crippen molar-refractivity contribution in [1.82, 2.24) is 4.98 Å². The number of carbonyl (C=O) groups is 3. The fourth-order valence-electron chi connectivity index (χ4n) is 3.08. The summed E-state index contributed by atoms with van der Waals surface area (Å²) in [4.78, 5) is 43.0. The zero-order chi connectivity index (χ0) is 19.7. The predicted molar refractivity (Wildman–Crippen MR) is 103 cm³/mol. The molecule has 1 aromatic carbocycles. The molecule has 0 saturated carbocycles. The molecular weight excluding hydrogens is 366 g/mol. The average Bonchev–Trinajstić information content (AvgIpc) is 3.19. The van der Waals surface area contributed by atoms with Gasteiger partial charge in [-0.05, 0) is 38.0 Å². The van der Waals surface area contributed by atoms with E-state index >= 15 is 0 Å². The second-order valence-electron chi connectivity index (χ2n) is 6.54. The van der Waals surface area contributed by atoms with Crippen molar-refractivity contribution < 1.29 is 19.1 Å². The standard InChI is InChI=1S/C19H21N3O4S/c1-10-6-5-7-14(11(10)2)22-9-13(8-15(22)23)17(24)21-19-20-12(3)16(27-19)18(25)26-4/h5-7,13H,8-9H2,1-4H3,(H,20,21,24)/t13-/m1/s1. The third-order valence-corrected chi connectivity index (χ3v) is 5.81. The monoisotopic (exact) mass is 387 g/mol. The van der Waals surface area contributed by atoms with E-state index in [2.05, 4.69) is 10.3 Å². The molecule has 1 fully saturated rings. The quantitative estimate of drug-likeness (QED) is 0.815. The van der Waals surface area contributed by atoms with Crippen molar-refractivity contribution >= 4 is 39.9 Å². The molecule has 1 aliphatic heterocycles. The van der Waals surface area contributed by atoms with E-state index in [1.165, 1.54) is 7.11 Å². The number of nitrogens with zero attached hydrogens (tertiary/aromatic N) is 2. The van der Waals surface area contributed by atoms with Gasteiger partial charge in [0, 0.05) is 18.7 Å². The smallest absolute Gasteiger partial charge is 0.350 e. The number of aromatic nitrogens is 1. The van der Waals surface area contributed by atoms with Crippen molar-refractivity contribution in [3.8, 4) is 0 Å². The van der Waals surface area contributed by atoms with Gasteiger partial charge in [-0.25, -0.2) is 9.78 Å². The van der Waals surface area contributed by atoms with Crippen LogP contribution in [0.4, 0.5) is 10.8 Å². The molecule has 8 heteroatoms. The Bertz CT molecular complexity index is 922. The first-order chi connectivity index (χ1) is 12.8. The van der Waals surface area contributed by atoms with Gasteiger partial charge in [0.15, 0.2) is 5.13 Å². The normalized spacial score (nSPS) is 16.5. The molecule has 1 aliphatic rings. The lowest BCUT2D eigenvalue weighted by molar-refractivity contribution is -0.122. The Morgan fingerprint density at radius 1 is 1.30 bits per heavy atom. The van der Waals surface area contributed by atoms with Gasteiger partial charge in [-0.1, -0.05) is 23.5 Å². The van der Waals surface area contributed by atoms with Crippen molar-refractivity contribution in [2.24, 2.45) is 5.92 Å². The number of ether oxygens (including phenoxy) is 1. The van der Waals surface area contributed by atoms with Crippen molar-refractivity contribution in [3.63, 3.8) is 0 Å². The van der Waals surface area contributed by atoms with Crippen LogP contribution >= 0.6 is 11.3 Å². The third kappa shape index (κ3) is 3.71. The lowest BCUT2D eigenvalue weighted by atomic mass is 10.1. The molecule has 2 heterocycles. The van der Waals surface area contributed by atoms with Gasteiger partial charge in [-0.15, -0.1) is 0 Å². The summed E-state index contributed by atoms with van der Waals surface area (Å²) < 4.78 is 4.70. The first-order valence-corrected chi connectivity index (χ1v) is 9.36. The summed E-state index contributed by atoms with van der Waals surface area (Å²) in [6, 6.07) is 5.80. The lowest BCUT2D eigenvalue weighted by Crippen LogP contribution is -2.28. The van der Waals surface area contributed by atoms with Crippen LogP contribution in [0.15, 0.2) is 18.2 Å². The largest absolute Gasteiger partial charge is 0.465 e. The number of rotatable bonds is 4. The summed E-state index contributed by atoms with van der Waals surface area (Å²) in [5, 5.41) is 3.05. The van der Waals surface area contributed by atoms with Crippen LogP contribution < -0.4 is 10.2 Å². The SMILES string of the molecule is COC(=O)c1sc(NC(=O)[C@@H]2CC(=O)N(c3cccc(C)c3C)C2)nc1C. The summed E-state index contributed by atoms with van der Waals surface area (Å²) in [6.45, 7) is 5.97. The van der Waals surface area contributed by atoms with E-state index in [1.807, 2.05) is 32.0 Å². The van der Waals surface area contributed by atoms with Gasteiger partial charge in [0.25, 0.3) is 0 Å². The van der Waals surface area contributed by atoms with Crippen LogP contribution in [0.2, 0.25) is 0 Å². The Kier molecular flexibility index (Phi) is 5.27. The Labute approximate surface area is 161 Å². The van der Waals surface area contributed by atoms with Gasteiger partial charge in [0.1, 0.15) is 4.88 Å². The Morgan fingerprint density at radius 2 is 2.04 bits per heavy atom. The van der Waals surface area contributed by atoms with Gasteiger partial charge in [0.2, 0.25) is 11.8 Å². The number of hydrogen-bond donors (Lipinski definition) is 1. The van der Waals surface area contributed by atoms with Crippen molar-refractivity contribution in [3.05, 3.63) is 39.9 Å². The predicted octanol–water partition coefficient (Wildman–Crippen LogP) is 2.85. The second-order valence-corrected chi connectivity index (χ2v) is 7.54. The van der Waals surface area contributed by atoms with Gasteiger partial charge in [0.05, 0.1) is 18.7 Å². The van der Waals surface area contributed by atoms with Crippen LogP contribution in [0, 0.1) is 26.7 Å². The highest BCUT2D eigenvalue weighted by molar-refractivity contribution is 7.17. The first-order valence-electron chi connectivity index (χ1n) is 8.55. The van der Waals surface area contributed by atoms with E-state index in [4.69, 9.17) is 4.74 Å². The van der Waals surface area contributed by atoms with Crippen LogP contribution in [-0.2, 0) is 14.3 Å². The number of aryl methyl sites for hydroxylation is 2. The van der Waals surface area contributed by atoms with E-state index in [1.54, 1.807) is 11.8 Å². The molecule has 3 rings (SSSR count). The topological polar surface area (TPSA) is 88.6 Å². The molecule has 0 unspecified atom stereocenters. The molecule has 142 valence electrons. The second kappa shape index (κ2) is 7.48. The van der Waals surface area contributed by atoms with E-state index in [0.717, 1.165) is 28.2 Å². The van der Waals surface area contributed by atoms with Crippen LogP contribution in [0.3, 0.4) is 0 Å². The molecule has 0 bridgehead atoms. The molecule has 1 N–H and O–H groups in total. The van der Waals surface area contributed by atoms with E-state index in [9.17, 15) is 14.4 Å². The molecule has 2 amide bonds. The minimum atomic E-state index is -0.484. The molecule has 0 spiro atoms. The van der Waals surface area contributed by atoms with Crippen LogP contribution in [0.5, 0.6) is 0 Å². The summed E-state index contributed by atoms with van der Waals surface area (Å²) in [5.74, 6) is -1.30. The summed E-state index contributed by atoms with van der Waals surface area (Å²) in [5.41, 5.74) is 3.47. The highest BCUT2D eigenvalue weighted by Crippen LogP contribution is 2.30. The zero-order valence-corrected chi connectivity index (χ0v) is 16.5. The molecular formula is C19H21N3O4S. The van der Waals surface area contributed by atoms with Crippen molar-refractivity contribution in [2.45, 2.75) is 27.2 Å². The fourth-order valence-corrected chi connectivity index (χ4v) is 3.97. The Balaban J connectivity index is 1.73. The number of hydrogen-bond acceptors (Lipinski definition) is 6. The van der Waals surface area contributed by atoms with E-state index < -0.39 is 11.9 Å². The molecule has 7 nitrogen and oxygen atoms in total. The van der Waals surface area contributed by atoms with E-state index in [-0.39, 0.29) is 18.2 Å². The maximum Gasteiger partial charge on any atom is 0.350 e. The number of benzene rings is 1. The maximum absolute atomic E-state index is 12.6. The molecule has 1 atom stereocenters. The molecule has 2 aromatic rings. The van der Waals surface area contributed by atoms with Gasteiger partial charge in [-0.2, -0.15) is 0 Å². The minimum absolute atomic E-state index is 0.0746. The zero-order valence-electron chi connectivity index (χ0n) is 15.7. The summed E-state index contributed by atoms with van der Waals surface area (Å²) in [7, 11) is 1.30.